The summed E-state index contributed by atoms with van der Waals surface area (Å²) in [5, 5.41) is 15.2. The highest BCUT2D eigenvalue weighted by Gasteiger charge is 2.21. The average Bonchev–Trinajstić information content (AvgIpc) is 3.37. The van der Waals surface area contributed by atoms with E-state index < -0.39 is 6.04 Å². The number of anilines is 1. The summed E-state index contributed by atoms with van der Waals surface area (Å²) in [6.07, 6.45) is 3.27. The first-order chi connectivity index (χ1) is 16.2. The number of rotatable bonds is 9. The van der Waals surface area contributed by atoms with Crippen molar-refractivity contribution in [1.29, 1.82) is 5.26 Å². The first kappa shape index (κ1) is 22.5. The number of benzene rings is 2. The second kappa shape index (κ2) is 11.2. The zero-order chi connectivity index (χ0) is 22.9. The van der Waals surface area contributed by atoms with Gasteiger partial charge in [0.1, 0.15) is 23.7 Å². The molecule has 1 aromatic heterocycles. The topological polar surface area (TPSA) is 96.3 Å². The Kier molecular flexibility index (Phi) is 7.64. The first-order valence-corrected chi connectivity index (χ1v) is 11.0. The minimum absolute atomic E-state index is 0.0509. The van der Waals surface area contributed by atoms with E-state index in [-0.39, 0.29) is 12.0 Å². The van der Waals surface area contributed by atoms with E-state index in [0.29, 0.717) is 36.9 Å². The van der Waals surface area contributed by atoms with Crippen molar-refractivity contribution in [2.24, 2.45) is 0 Å². The maximum Gasteiger partial charge on any atom is 0.247 e. The van der Waals surface area contributed by atoms with Gasteiger partial charge in [-0.05, 0) is 41.8 Å². The number of nitrogens with one attached hydrogen (secondary N) is 2. The van der Waals surface area contributed by atoms with Crippen LogP contribution in [0, 0.1) is 11.3 Å². The smallest absolute Gasteiger partial charge is 0.247 e. The molecule has 2 N–H and O–H groups in total. The third-order valence-electron chi connectivity index (χ3n) is 5.42. The zero-order valence-electron chi connectivity index (χ0n) is 18.2. The predicted octanol–water partition coefficient (Wildman–Crippen LogP) is 3.63. The Hall–Kier alpha value is -3.73. The molecule has 1 aliphatic rings. The lowest BCUT2D eigenvalue weighted by Crippen LogP contribution is -2.34. The molecule has 7 heteroatoms. The van der Waals surface area contributed by atoms with Crippen molar-refractivity contribution in [2.45, 2.75) is 25.0 Å². The Bertz CT molecular complexity index is 1070. The van der Waals surface area contributed by atoms with Crippen LogP contribution in [0.4, 0.5) is 5.82 Å². The number of pyridine rings is 1. The number of carbonyl (C=O) groups is 1. The zero-order valence-corrected chi connectivity index (χ0v) is 18.2. The maximum atomic E-state index is 13.1. The van der Waals surface area contributed by atoms with Gasteiger partial charge in [-0.1, -0.05) is 42.5 Å². The summed E-state index contributed by atoms with van der Waals surface area (Å²) in [6, 6.07) is 22.2. The van der Waals surface area contributed by atoms with Crippen LogP contribution in [-0.4, -0.2) is 36.8 Å². The molecule has 1 unspecified atom stereocenters. The van der Waals surface area contributed by atoms with Gasteiger partial charge >= 0.3 is 0 Å². The number of nitrogens with zero attached hydrogens (tertiary/aromatic N) is 2. The van der Waals surface area contributed by atoms with Crippen LogP contribution < -0.4 is 15.4 Å². The second-order valence-corrected chi connectivity index (χ2v) is 7.83. The molecule has 3 aromatic rings. The Labute approximate surface area is 193 Å². The highest BCUT2D eigenvalue weighted by Crippen LogP contribution is 2.19. The second-order valence-electron chi connectivity index (χ2n) is 7.83. The Morgan fingerprint density at radius 1 is 1.15 bits per heavy atom. The monoisotopic (exact) mass is 442 g/mol. The third-order valence-corrected chi connectivity index (χ3v) is 5.42. The molecule has 1 aliphatic heterocycles. The van der Waals surface area contributed by atoms with Crippen molar-refractivity contribution in [3.8, 4) is 11.8 Å². The number of hydrogen-bond acceptors (Lipinski definition) is 6. The summed E-state index contributed by atoms with van der Waals surface area (Å²) < 4.78 is 11.2. The number of amides is 1. The fraction of sp³-hybridized carbons (Fsp3) is 0.269. The van der Waals surface area contributed by atoms with E-state index in [0.717, 1.165) is 24.0 Å². The predicted molar refractivity (Wildman–Crippen MR) is 125 cm³/mol. The van der Waals surface area contributed by atoms with Gasteiger partial charge in [0.15, 0.2) is 0 Å². The van der Waals surface area contributed by atoms with Gasteiger partial charge in [0.2, 0.25) is 5.91 Å². The van der Waals surface area contributed by atoms with Gasteiger partial charge in [-0.2, -0.15) is 5.26 Å². The standard InChI is InChI=1S/C26H26N4O3/c27-16-20-8-6-19(7-9-20)12-14-28-25(21-4-2-1-3-5-21)26(31)30-24-11-10-22(17-29-24)33-23-13-15-32-18-23/h1-11,17,23,25,28H,12-15,18H2,(H,29,30,31)/t23-,25?/m1/s1. The van der Waals surface area contributed by atoms with Crippen molar-refractivity contribution in [1.82, 2.24) is 10.3 Å². The van der Waals surface area contributed by atoms with E-state index in [1.807, 2.05) is 42.5 Å². The molecule has 0 aliphatic carbocycles. The molecule has 0 spiro atoms. The molecule has 168 valence electrons. The molecule has 2 aromatic carbocycles. The lowest BCUT2D eigenvalue weighted by molar-refractivity contribution is -0.118. The van der Waals surface area contributed by atoms with Crippen LogP contribution in [-0.2, 0) is 16.0 Å². The maximum absolute atomic E-state index is 13.1. The fourth-order valence-corrected chi connectivity index (χ4v) is 3.63. The number of ether oxygens (including phenoxy) is 2. The van der Waals surface area contributed by atoms with Crippen molar-refractivity contribution in [3.05, 3.63) is 89.6 Å². The van der Waals surface area contributed by atoms with E-state index in [2.05, 4.69) is 21.7 Å². The quantitative estimate of drug-likeness (QED) is 0.525. The summed E-state index contributed by atoms with van der Waals surface area (Å²) in [7, 11) is 0. The molecule has 0 bridgehead atoms. The molecule has 2 heterocycles. The Morgan fingerprint density at radius 2 is 1.97 bits per heavy atom. The van der Waals surface area contributed by atoms with Crippen molar-refractivity contribution >= 4 is 11.7 Å². The van der Waals surface area contributed by atoms with Crippen LogP contribution in [0.3, 0.4) is 0 Å². The van der Waals surface area contributed by atoms with Gasteiger partial charge in [-0.15, -0.1) is 0 Å². The van der Waals surface area contributed by atoms with Crippen LogP contribution in [0.15, 0.2) is 72.9 Å². The van der Waals surface area contributed by atoms with Crippen molar-refractivity contribution < 1.29 is 14.3 Å². The van der Waals surface area contributed by atoms with Crippen LogP contribution in [0.2, 0.25) is 0 Å². The fourth-order valence-electron chi connectivity index (χ4n) is 3.63. The Morgan fingerprint density at radius 3 is 2.64 bits per heavy atom. The number of carbonyl (C=O) groups excluding carboxylic acids is 1. The van der Waals surface area contributed by atoms with Crippen molar-refractivity contribution in [2.75, 3.05) is 25.1 Å². The summed E-state index contributed by atoms with van der Waals surface area (Å²) in [4.78, 5) is 17.4. The summed E-state index contributed by atoms with van der Waals surface area (Å²) in [5.41, 5.74) is 2.60. The number of hydrogen-bond donors (Lipinski definition) is 2. The number of aromatic nitrogens is 1. The average molecular weight is 443 g/mol. The van der Waals surface area contributed by atoms with Gasteiger partial charge in [0.05, 0.1) is 31.0 Å². The van der Waals surface area contributed by atoms with Gasteiger partial charge in [0, 0.05) is 13.0 Å². The van der Waals surface area contributed by atoms with Crippen LogP contribution in [0.25, 0.3) is 0 Å². The molecule has 1 amide bonds. The van der Waals surface area contributed by atoms with Crippen LogP contribution >= 0.6 is 0 Å². The number of nitriles is 1. The van der Waals surface area contributed by atoms with Gasteiger partial charge < -0.3 is 20.1 Å². The van der Waals surface area contributed by atoms with E-state index in [1.165, 1.54) is 0 Å². The Balaban J connectivity index is 1.37. The van der Waals surface area contributed by atoms with Crippen LogP contribution in [0.1, 0.15) is 29.2 Å². The molecule has 2 atom stereocenters. The molecule has 1 saturated heterocycles. The lowest BCUT2D eigenvalue weighted by Gasteiger charge is -2.19. The first-order valence-electron chi connectivity index (χ1n) is 11.0. The van der Waals surface area contributed by atoms with E-state index in [1.54, 1.807) is 30.5 Å². The molecule has 1 fully saturated rings. The van der Waals surface area contributed by atoms with Crippen LogP contribution in [0.5, 0.6) is 5.75 Å². The summed E-state index contributed by atoms with van der Waals surface area (Å²) in [5.74, 6) is 0.930. The summed E-state index contributed by atoms with van der Waals surface area (Å²) >= 11 is 0. The van der Waals surface area contributed by atoms with E-state index >= 15 is 0 Å². The lowest BCUT2D eigenvalue weighted by atomic mass is 10.1. The summed E-state index contributed by atoms with van der Waals surface area (Å²) in [6.45, 7) is 1.90. The highest BCUT2D eigenvalue weighted by atomic mass is 16.5. The molecule has 4 rings (SSSR count). The molecule has 7 nitrogen and oxygen atoms in total. The minimum Gasteiger partial charge on any atom is -0.486 e. The normalized spacial score (nSPS) is 16.0. The SMILES string of the molecule is N#Cc1ccc(CCNC(C(=O)Nc2ccc(O[C@@H]3CCOC3)cn2)c2ccccc2)cc1. The van der Waals surface area contributed by atoms with Gasteiger partial charge in [-0.25, -0.2) is 4.98 Å². The molecular weight excluding hydrogens is 416 g/mol. The van der Waals surface area contributed by atoms with E-state index in [9.17, 15) is 4.79 Å². The van der Waals surface area contributed by atoms with Gasteiger partial charge in [-0.3, -0.25) is 4.79 Å². The van der Waals surface area contributed by atoms with Crippen molar-refractivity contribution in [3.63, 3.8) is 0 Å². The van der Waals surface area contributed by atoms with Gasteiger partial charge in [0.25, 0.3) is 0 Å². The molecule has 33 heavy (non-hydrogen) atoms. The third kappa shape index (κ3) is 6.39. The van der Waals surface area contributed by atoms with E-state index in [4.69, 9.17) is 14.7 Å². The highest BCUT2D eigenvalue weighted by molar-refractivity contribution is 5.94. The minimum atomic E-state index is -0.530. The molecular formula is C26H26N4O3. The largest absolute Gasteiger partial charge is 0.486 e. The molecule has 0 saturated carbocycles. The molecule has 0 radical (unpaired) electrons.